The van der Waals surface area contributed by atoms with Crippen molar-refractivity contribution < 1.29 is 0 Å². The van der Waals surface area contributed by atoms with E-state index in [1.54, 1.807) is 0 Å². The molecule has 1 aliphatic carbocycles. The maximum atomic E-state index is 6.14. The lowest BCUT2D eigenvalue weighted by atomic mass is 9.95. The molecule has 1 aliphatic rings. The molecular weight excluding hydrogens is 186 g/mol. The van der Waals surface area contributed by atoms with Crippen LogP contribution in [0.15, 0.2) is 0 Å². The first-order valence-corrected chi connectivity index (χ1v) is 5.73. The van der Waals surface area contributed by atoms with Crippen molar-refractivity contribution in [2.75, 3.05) is 0 Å². The quantitative estimate of drug-likeness (QED) is 0.707. The number of fused-ring (bicyclic) bond motifs is 1. The van der Waals surface area contributed by atoms with Gasteiger partial charge in [0.15, 0.2) is 0 Å². The first-order valence-electron chi connectivity index (χ1n) is 5.73. The number of nitrogens with two attached hydrogens (primary N) is 1. The van der Waals surface area contributed by atoms with Crippen LogP contribution in [0, 0.1) is 0 Å². The molecule has 1 unspecified atom stereocenters. The molecule has 2 rings (SSSR count). The van der Waals surface area contributed by atoms with Gasteiger partial charge in [0.25, 0.3) is 0 Å². The summed E-state index contributed by atoms with van der Waals surface area (Å²) in [5.41, 5.74) is 8.72. The lowest BCUT2D eigenvalue weighted by Crippen LogP contribution is -2.22. The number of aromatic nitrogens is 2. The summed E-state index contributed by atoms with van der Waals surface area (Å²) >= 11 is 0. The molecule has 1 atom stereocenters. The van der Waals surface area contributed by atoms with Crippen LogP contribution in [0.1, 0.15) is 56.9 Å². The number of rotatable bonds is 0. The van der Waals surface area contributed by atoms with E-state index in [1.165, 1.54) is 17.8 Å². The molecule has 3 heteroatoms. The molecule has 0 saturated heterocycles. The summed E-state index contributed by atoms with van der Waals surface area (Å²) in [7, 11) is 2.09. The van der Waals surface area contributed by atoms with Crippen LogP contribution in [-0.4, -0.2) is 9.55 Å². The smallest absolute Gasteiger partial charge is 0.114 e. The second-order valence-electron chi connectivity index (χ2n) is 5.58. The molecule has 0 spiro atoms. The minimum absolute atomic E-state index is 0.103. The summed E-state index contributed by atoms with van der Waals surface area (Å²) < 4.78 is 2.21. The Labute approximate surface area is 91.7 Å². The van der Waals surface area contributed by atoms with E-state index >= 15 is 0 Å². The molecule has 0 bridgehead atoms. The van der Waals surface area contributed by atoms with Gasteiger partial charge in [-0.3, -0.25) is 0 Å². The van der Waals surface area contributed by atoms with Gasteiger partial charge in [-0.2, -0.15) is 0 Å². The van der Waals surface area contributed by atoms with Gasteiger partial charge >= 0.3 is 0 Å². The molecule has 0 radical (unpaired) electrons. The van der Waals surface area contributed by atoms with Crippen LogP contribution in [0.25, 0.3) is 0 Å². The van der Waals surface area contributed by atoms with Crippen LogP contribution in [-0.2, 0) is 18.9 Å². The van der Waals surface area contributed by atoms with E-state index in [1.807, 2.05) is 0 Å². The monoisotopic (exact) mass is 207 g/mol. The second-order valence-corrected chi connectivity index (χ2v) is 5.58. The van der Waals surface area contributed by atoms with Gasteiger partial charge in [0.2, 0.25) is 0 Å². The minimum Gasteiger partial charge on any atom is -0.333 e. The average Bonchev–Trinajstić information content (AvgIpc) is 2.44. The third-order valence-electron chi connectivity index (χ3n) is 3.17. The van der Waals surface area contributed by atoms with Crippen LogP contribution >= 0.6 is 0 Å². The Bertz CT molecular complexity index is 371. The standard InChI is InChI=1S/C12H21N3/c1-12(2,3)11-14-9-7-5-6-8(13)10(9)15(11)4/h8H,5-7,13H2,1-4H3. The molecule has 0 aromatic carbocycles. The van der Waals surface area contributed by atoms with E-state index in [4.69, 9.17) is 10.7 Å². The molecule has 3 nitrogen and oxygen atoms in total. The fraction of sp³-hybridized carbons (Fsp3) is 0.750. The van der Waals surface area contributed by atoms with Gasteiger partial charge in [-0.1, -0.05) is 20.8 Å². The molecule has 1 aromatic rings. The van der Waals surface area contributed by atoms with E-state index in [0.29, 0.717) is 0 Å². The number of imidazole rings is 1. The van der Waals surface area contributed by atoms with E-state index in [9.17, 15) is 0 Å². The van der Waals surface area contributed by atoms with Crippen molar-refractivity contribution in [2.45, 2.75) is 51.5 Å². The first-order chi connectivity index (χ1) is 6.91. The van der Waals surface area contributed by atoms with Crippen molar-refractivity contribution in [1.29, 1.82) is 0 Å². The molecule has 0 saturated carbocycles. The number of aryl methyl sites for hydroxylation is 1. The summed E-state index contributed by atoms with van der Waals surface area (Å²) in [6.45, 7) is 6.60. The Balaban J connectivity index is 2.53. The predicted molar refractivity (Wildman–Crippen MR) is 61.8 cm³/mol. The van der Waals surface area contributed by atoms with E-state index in [2.05, 4.69) is 32.4 Å². The van der Waals surface area contributed by atoms with Crippen molar-refractivity contribution in [2.24, 2.45) is 12.8 Å². The zero-order valence-electron chi connectivity index (χ0n) is 10.2. The molecule has 0 amide bonds. The first kappa shape index (κ1) is 10.7. The molecular formula is C12H21N3. The van der Waals surface area contributed by atoms with Crippen molar-refractivity contribution in [1.82, 2.24) is 9.55 Å². The van der Waals surface area contributed by atoms with Crippen molar-refractivity contribution in [3.63, 3.8) is 0 Å². The van der Waals surface area contributed by atoms with Gasteiger partial charge in [-0.05, 0) is 19.3 Å². The Morgan fingerprint density at radius 1 is 1.40 bits per heavy atom. The Kier molecular flexibility index (Phi) is 2.38. The maximum Gasteiger partial charge on any atom is 0.114 e. The van der Waals surface area contributed by atoms with Gasteiger partial charge in [0.05, 0.1) is 11.4 Å². The summed E-state index contributed by atoms with van der Waals surface area (Å²) in [6, 6.07) is 0.183. The summed E-state index contributed by atoms with van der Waals surface area (Å²) in [5, 5.41) is 0. The Morgan fingerprint density at radius 2 is 2.07 bits per heavy atom. The van der Waals surface area contributed by atoms with E-state index < -0.39 is 0 Å². The van der Waals surface area contributed by atoms with Crippen molar-refractivity contribution >= 4 is 0 Å². The topological polar surface area (TPSA) is 43.8 Å². The number of hydrogen-bond acceptors (Lipinski definition) is 2. The maximum absolute atomic E-state index is 6.14. The fourth-order valence-corrected chi connectivity index (χ4v) is 2.51. The molecule has 1 heterocycles. The van der Waals surface area contributed by atoms with Gasteiger partial charge in [0.1, 0.15) is 5.82 Å². The van der Waals surface area contributed by atoms with E-state index in [0.717, 1.165) is 18.7 Å². The zero-order chi connectivity index (χ0) is 11.2. The highest BCUT2D eigenvalue weighted by Gasteiger charge is 2.28. The lowest BCUT2D eigenvalue weighted by molar-refractivity contribution is 0.501. The van der Waals surface area contributed by atoms with Gasteiger partial charge in [-0.25, -0.2) is 4.98 Å². The van der Waals surface area contributed by atoms with Gasteiger partial charge < -0.3 is 10.3 Å². The average molecular weight is 207 g/mol. The summed E-state index contributed by atoms with van der Waals surface area (Å²) in [6.07, 6.45) is 3.36. The fourth-order valence-electron chi connectivity index (χ4n) is 2.51. The molecule has 15 heavy (non-hydrogen) atoms. The largest absolute Gasteiger partial charge is 0.333 e. The lowest BCUT2D eigenvalue weighted by Gasteiger charge is -2.21. The van der Waals surface area contributed by atoms with E-state index in [-0.39, 0.29) is 11.5 Å². The Hall–Kier alpha value is -0.830. The van der Waals surface area contributed by atoms with Gasteiger partial charge in [-0.15, -0.1) is 0 Å². The summed E-state index contributed by atoms with van der Waals surface area (Å²) in [4.78, 5) is 4.75. The highest BCUT2D eigenvalue weighted by molar-refractivity contribution is 5.25. The molecule has 2 N–H and O–H groups in total. The summed E-state index contributed by atoms with van der Waals surface area (Å²) in [5.74, 6) is 1.16. The van der Waals surface area contributed by atoms with Crippen LogP contribution in [0.3, 0.4) is 0 Å². The molecule has 0 fully saturated rings. The Morgan fingerprint density at radius 3 is 2.60 bits per heavy atom. The highest BCUT2D eigenvalue weighted by atomic mass is 15.1. The number of hydrogen-bond donors (Lipinski definition) is 1. The second kappa shape index (κ2) is 3.34. The van der Waals surface area contributed by atoms with Crippen LogP contribution in [0.4, 0.5) is 0 Å². The third-order valence-corrected chi connectivity index (χ3v) is 3.17. The minimum atomic E-state index is 0.103. The van der Waals surface area contributed by atoms with Gasteiger partial charge in [0, 0.05) is 18.5 Å². The highest BCUT2D eigenvalue weighted by Crippen LogP contribution is 2.31. The molecule has 84 valence electrons. The van der Waals surface area contributed by atoms with Crippen LogP contribution < -0.4 is 5.73 Å². The molecule has 1 aromatic heterocycles. The zero-order valence-corrected chi connectivity index (χ0v) is 10.2. The predicted octanol–water partition coefficient (Wildman–Crippen LogP) is 2.05. The van der Waals surface area contributed by atoms with Crippen LogP contribution in [0.2, 0.25) is 0 Å². The third kappa shape index (κ3) is 1.69. The normalized spacial score (nSPS) is 21.5. The molecule has 0 aliphatic heterocycles. The van der Waals surface area contributed by atoms with Crippen molar-refractivity contribution in [3.8, 4) is 0 Å². The van der Waals surface area contributed by atoms with Crippen LogP contribution in [0.5, 0.6) is 0 Å². The van der Waals surface area contributed by atoms with Crippen molar-refractivity contribution in [3.05, 3.63) is 17.2 Å². The SMILES string of the molecule is Cn1c(C(C)(C)C)nc2c1C(N)CCC2. The number of nitrogens with zero attached hydrogens (tertiary/aromatic N) is 2.